The molecule has 0 unspecified atom stereocenters. The highest BCUT2D eigenvalue weighted by atomic mass is 16.5. The molecule has 3 rings (SSSR count). The molecule has 5 nitrogen and oxygen atoms in total. The van der Waals surface area contributed by atoms with Gasteiger partial charge in [-0.15, -0.1) is 0 Å². The second-order valence-corrected chi connectivity index (χ2v) is 5.86. The average Bonchev–Trinajstić information content (AvgIpc) is 3.19. The van der Waals surface area contributed by atoms with E-state index in [1.807, 2.05) is 61.5 Å². The number of anilines is 1. The van der Waals surface area contributed by atoms with Crippen LogP contribution >= 0.6 is 0 Å². The van der Waals surface area contributed by atoms with Gasteiger partial charge in [0.05, 0.1) is 12.8 Å². The van der Waals surface area contributed by atoms with Crippen molar-refractivity contribution in [3.8, 4) is 0 Å². The molecule has 0 saturated heterocycles. The zero-order valence-electron chi connectivity index (χ0n) is 14.4. The Morgan fingerprint density at radius 3 is 2.50 bits per heavy atom. The second kappa shape index (κ2) is 8.16. The molecular formula is C21H19NO4. The Hall–Kier alpha value is -3.34. The maximum Gasteiger partial charge on any atom is 0.374 e. The zero-order chi connectivity index (χ0) is 18.4. The summed E-state index contributed by atoms with van der Waals surface area (Å²) in [5.41, 5.74) is 2.79. The molecule has 2 aromatic carbocycles. The molecule has 0 N–H and O–H groups in total. The number of aryl methyl sites for hydroxylation is 1. The normalized spacial score (nSPS) is 10.3. The highest BCUT2D eigenvalue weighted by molar-refractivity contribution is 5.96. The number of amides is 1. The van der Waals surface area contributed by atoms with Crippen LogP contribution in [0.25, 0.3) is 0 Å². The van der Waals surface area contributed by atoms with Crippen LogP contribution in [0.1, 0.15) is 21.7 Å². The third kappa shape index (κ3) is 4.39. The summed E-state index contributed by atoms with van der Waals surface area (Å²) in [6, 6.07) is 20.4. The van der Waals surface area contributed by atoms with Crippen molar-refractivity contribution in [3.63, 3.8) is 0 Å². The lowest BCUT2D eigenvalue weighted by Gasteiger charge is -2.23. The molecule has 132 valence electrons. The molecule has 0 aliphatic carbocycles. The fourth-order valence-electron chi connectivity index (χ4n) is 2.56. The maximum atomic E-state index is 12.8. The van der Waals surface area contributed by atoms with Gasteiger partial charge >= 0.3 is 5.97 Å². The van der Waals surface area contributed by atoms with Crippen LogP contribution in [-0.2, 0) is 16.1 Å². The number of hydrogen-bond acceptors (Lipinski definition) is 4. The van der Waals surface area contributed by atoms with E-state index < -0.39 is 5.97 Å². The van der Waals surface area contributed by atoms with Gasteiger partial charge in [-0.3, -0.25) is 4.79 Å². The lowest BCUT2D eigenvalue weighted by atomic mass is 10.1. The van der Waals surface area contributed by atoms with Gasteiger partial charge in [-0.25, -0.2) is 4.79 Å². The topological polar surface area (TPSA) is 59.8 Å². The van der Waals surface area contributed by atoms with Crippen LogP contribution in [-0.4, -0.2) is 18.5 Å². The zero-order valence-corrected chi connectivity index (χ0v) is 14.4. The van der Waals surface area contributed by atoms with Crippen molar-refractivity contribution >= 4 is 17.6 Å². The van der Waals surface area contributed by atoms with Crippen molar-refractivity contribution in [2.24, 2.45) is 0 Å². The van der Waals surface area contributed by atoms with Crippen molar-refractivity contribution in [2.45, 2.75) is 13.5 Å². The first-order valence-electron chi connectivity index (χ1n) is 8.25. The molecule has 0 spiro atoms. The quantitative estimate of drug-likeness (QED) is 0.632. The summed E-state index contributed by atoms with van der Waals surface area (Å²) in [6.07, 6.45) is 1.38. The summed E-state index contributed by atoms with van der Waals surface area (Å²) in [6.45, 7) is 1.99. The predicted octanol–water partition coefficient (Wildman–Crippen LogP) is 3.98. The number of carbonyl (C=O) groups excluding carboxylic acids is 2. The Morgan fingerprint density at radius 1 is 1.00 bits per heavy atom. The summed E-state index contributed by atoms with van der Waals surface area (Å²) >= 11 is 0. The van der Waals surface area contributed by atoms with Crippen LogP contribution in [0, 0.1) is 6.92 Å². The van der Waals surface area contributed by atoms with Gasteiger partial charge in [0, 0.05) is 5.69 Å². The van der Waals surface area contributed by atoms with Crippen LogP contribution in [0.15, 0.2) is 77.4 Å². The Morgan fingerprint density at radius 2 is 1.81 bits per heavy atom. The number of ether oxygens (including phenoxy) is 1. The molecule has 1 amide bonds. The molecule has 0 radical (unpaired) electrons. The molecule has 5 heteroatoms. The van der Waals surface area contributed by atoms with E-state index in [9.17, 15) is 9.59 Å². The number of rotatable bonds is 6. The number of benzene rings is 2. The van der Waals surface area contributed by atoms with Crippen molar-refractivity contribution in [3.05, 3.63) is 89.9 Å². The van der Waals surface area contributed by atoms with E-state index in [1.54, 1.807) is 11.0 Å². The van der Waals surface area contributed by atoms with Crippen LogP contribution in [0.4, 0.5) is 5.69 Å². The highest BCUT2D eigenvalue weighted by Crippen LogP contribution is 2.19. The Bertz CT molecular complexity index is 872. The van der Waals surface area contributed by atoms with E-state index in [2.05, 4.69) is 0 Å². The van der Waals surface area contributed by atoms with Gasteiger partial charge in [-0.1, -0.05) is 42.5 Å². The standard InChI is InChI=1S/C21H19NO4/c1-16-7-5-10-18(13-16)22(14-17-8-3-2-4-9-17)20(23)15-26-21(24)19-11-6-12-25-19/h2-13H,14-15H2,1H3. The van der Waals surface area contributed by atoms with Crippen molar-refractivity contribution in [1.29, 1.82) is 0 Å². The molecule has 0 fully saturated rings. The largest absolute Gasteiger partial charge is 0.457 e. The third-order valence-electron chi connectivity index (χ3n) is 3.85. The minimum atomic E-state index is -0.660. The number of esters is 1. The van der Waals surface area contributed by atoms with Gasteiger partial charge in [-0.2, -0.15) is 0 Å². The molecule has 0 bridgehead atoms. The van der Waals surface area contributed by atoms with E-state index >= 15 is 0 Å². The van der Waals surface area contributed by atoms with Crippen LogP contribution < -0.4 is 4.90 Å². The monoisotopic (exact) mass is 349 g/mol. The Kier molecular flexibility index (Phi) is 5.49. The first-order chi connectivity index (χ1) is 12.6. The molecule has 1 aromatic heterocycles. The number of hydrogen-bond donors (Lipinski definition) is 0. The number of nitrogens with zero attached hydrogens (tertiary/aromatic N) is 1. The third-order valence-corrected chi connectivity index (χ3v) is 3.85. The van der Waals surface area contributed by atoms with E-state index in [4.69, 9.17) is 9.15 Å². The molecule has 0 atom stereocenters. The second-order valence-electron chi connectivity index (χ2n) is 5.86. The van der Waals surface area contributed by atoms with Gasteiger partial charge < -0.3 is 14.1 Å². The van der Waals surface area contributed by atoms with Gasteiger partial charge in [0.1, 0.15) is 0 Å². The first-order valence-corrected chi connectivity index (χ1v) is 8.25. The van der Waals surface area contributed by atoms with E-state index in [0.29, 0.717) is 6.54 Å². The average molecular weight is 349 g/mol. The summed E-state index contributed by atoms with van der Waals surface area (Å²) in [5.74, 6) is -0.894. The van der Waals surface area contributed by atoms with Crippen molar-refractivity contribution < 1.29 is 18.7 Å². The number of furan rings is 1. The van der Waals surface area contributed by atoms with Gasteiger partial charge in [-0.05, 0) is 42.3 Å². The predicted molar refractivity (Wildman–Crippen MR) is 97.8 cm³/mol. The highest BCUT2D eigenvalue weighted by Gasteiger charge is 2.19. The van der Waals surface area contributed by atoms with Gasteiger partial charge in [0.25, 0.3) is 5.91 Å². The van der Waals surface area contributed by atoms with E-state index in [-0.39, 0.29) is 18.3 Å². The molecule has 0 aliphatic heterocycles. The summed E-state index contributed by atoms with van der Waals surface area (Å²) < 4.78 is 10.1. The van der Waals surface area contributed by atoms with Crippen LogP contribution in [0.3, 0.4) is 0 Å². The summed E-state index contributed by atoms with van der Waals surface area (Å²) in [4.78, 5) is 26.3. The van der Waals surface area contributed by atoms with Crippen molar-refractivity contribution in [1.82, 2.24) is 0 Å². The SMILES string of the molecule is Cc1cccc(N(Cc2ccccc2)C(=O)COC(=O)c2ccco2)c1. The summed E-state index contributed by atoms with van der Waals surface area (Å²) in [7, 11) is 0. The van der Waals surface area contributed by atoms with E-state index in [0.717, 1.165) is 16.8 Å². The Balaban J connectivity index is 1.75. The van der Waals surface area contributed by atoms with E-state index in [1.165, 1.54) is 12.3 Å². The summed E-state index contributed by atoms with van der Waals surface area (Å²) in [5, 5.41) is 0. The molecule has 3 aromatic rings. The van der Waals surface area contributed by atoms with Crippen molar-refractivity contribution in [2.75, 3.05) is 11.5 Å². The molecule has 26 heavy (non-hydrogen) atoms. The lowest BCUT2D eigenvalue weighted by Crippen LogP contribution is -2.34. The smallest absolute Gasteiger partial charge is 0.374 e. The van der Waals surface area contributed by atoms with Gasteiger partial charge in [0.15, 0.2) is 6.61 Å². The van der Waals surface area contributed by atoms with Gasteiger partial charge in [0.2, 0.25) is 5.76 Å². The number of carbonyl (C=O) groups is 2. The molecular weight excluding hydrogens is 330 g/mol. The van der Waals surface area contributed by atoms with Crippen LogP contribution in [0.2, 0.25) is 0 Å². The fraction of sp³-hybridized carbons (Fsp3) is 0.143. The first kappa shape index (κ1) is 17.5. The molecule has 0 saturated carbocycles. The molecule has 0 aliphatic rings. The lowest BCUT2D eigenvalue weighted by molar-refractivity contribution is -0.121. The minimum Gasteiger partial charge on any atom is -0.457 e. The fourth-order valence-corrected chi connectivity index (χ4v) is 2.56. The maximum absolute atomic E-state index is 12.8. The Labute approximate surface area is 151 Å². The molecule has 1 heterocycles. The van der Waals surface area contributed by atoms with Crippen LogP contribution in [0.5, 0.6) is 0 Å². The minimum absolute atomic E-state index is 0.0722.